The lowest BCUT2D eigenvalue weighted by Gasteiger charge is -2.07. The number of aromatic nitrogens is 1. The van der Waals surface area contributed by atoms with Crippen molar-refractivity contribution in [2.45, 2.75) is 0 Å². The quantitative estimate of drug-likeness (QED) is 0.316. The van der Waals surface area contributed by atoms with Gasteiger partial charge in [0.2, 0.25) is 5.88 Å². The van der Waals surface area contributed by atoms with Crippen LogP contribution in [0.4, 0.5) is 5.69 Å². The first kappa shape index (κ1) is 22.0. The molecular weight excluding hydrogens is 475 g/mol. The fourth-order valence-electron chi connectivity index (χ4n) is 2.15. The highest BCUT2D eigenvalue weighted by molar-refractivity contribution is 14.2. The van der Waals surface area contributed by atoms with E-state index in [0.717, 1.165) is 29.2 Å². The molecule has 1 heterocycles. The van der Waals surface area contributed by atoms with Crippen molar-refractivity contribution in [2.24, 2.45) is 0 Å². The maximum atomic E-state index is 5.58. The number of hydrogen-bond donors (Lipinski definition) is 1. The van der Waals surface area contributed by atoms with Crippen molar-refractivity contribution in [2.75, 3.05) is 51.2 Å². The zero-order valence-corrected chi connectivity index (χ0v) is 18.4. The second kappa shape index (κ2) is 13.8. The highest BCUT2D eigenvalue weighted by Gasteiger charge is 1.97. The van der Waals surface area contributed by atoms with Crippen LogP contribution in [-0.2, 0) is 9.47 Å². The molecule has 1 aromatic heterocycles. The summed E-state index contributed by atoms with van der Waals surface area (Å²) < 4.78 is 16.4. The number of anilines is 1. The van der Waals surface area contributed by atoms with E-state index in [-0.39, 0.29) is 0 Å². The van der Waals surface area contributed by atoms with Crippen LogP contribution in [0.3, 0.4) is 0 Å². The van der Waals surface area contributed by atoms with Crippen LogP contribution in [0.25, 0.3) is 12.2 Å². The van der Waals surface area contributed by atoms with Crippen molar-refractivity contribution >= 4 is 48.0 Å². The van der Waals surface area contributed by atoms with Crippen LogP contribution in [0.15, 0.2) is 42.6 Å². The van der Waals surface area contributed by atoms with Crippen molar-refractivity contribution < 1.29 is 14.2 Å². The number of hydrogen-bond acceptors (Lipinski definition) is 6. The monoisotopic (exact) mass is 500 g/mol. The Hall–Kier alpha value is -1.29. The number of rotatable bonds is 13. The van der Waals surface area contributed by atoms with Gasteiger partial charge < -0.3 is 19.5 Å². The van der Waals surface area contributed by atoms with Gasteiger partial charge in [0.25, 0.3) is 0 Å². The Labute approximate surface area is 177 Å². The second-order valence-electron chi connectivity index (χ2n) is 5.52. The van der Waals surface area contributed by atoms with Gasteiger partial charge in [-0.15, -0.1) is 0 Å². The first-order chi connectivity index (χ1) is 13.3. The highest BCUT2D eigenvalue weighted by atomic mass is 127. The molecule has 0 aliphatic carbocycles. The van der Waals surface area contributed by atoms with E-state index in [9.17, 15) is 0 Å². The molecular formula is C20H25IN2O3S. The smallest absolute Gasteiger partial charge is 0.213 e. The van der Waals surface area contributed by atoms with Gasteiger partial charge in [0.05, 0.1) is 26.4 Å². The molecule has 0 saturated carbocycles. The predicted octanol–water partition coefficient (Wildman–Crippen LogP) is 4.79. The molecule has 0 bridgehead atoms. The molecule has 2 aromatic rings. The Morgan fingerprint density at radius 2 is 1.59 bits per heavy atom. The molecule has 0 atom stereocenters. The second-order valence-corrected chi connectivity index (χ2v) is 8.02. The van der Waals surface area contributed by atoms with Gasteiger partial charge in [0, 0.05) is 30.8 Å². The summed E-state index contributed by atoms with van der Waals surface area (Å²) in [4.78, 5) is 4.32. The minimum absolute atomic E-state index is 0.476. The Balaban J connectivity index is 1.63. The molecule has 0 radical (unpaired) electrons. The number of nitrogens with one attached hydrogen (secondary N) is 1. The number of ether oxygens (including phenoxy) is 3. The third-order valence-electron chi connectivity index (χ3n) is 3.58. The fourth-order valence-corrected chi connectivity index (χ4v) is 2.87. The van der Waals surface area contributed by atoms with Crippen molar-refractivity contribution in [3.8, 4) is 5.88 Å². The van der Waals surface area contributed by atoms with Gasteiger partial charge in [-0.05, 0) is 50.5 Å². The maximum Gasteiger partial charge on any atom is 0.213 e. The van der Waals surface area contributed by atoms with Crippen molar-refractivity contribution in [3.63, 3.8) is 0 Å². The zero-order valence-electron chi connectivity index (χ0n) is 15.4. The summed E-state index contributed by atoms with van der Waals surface area (Å²) >= 11 is 2.26. The number of benzene rings is 1. The SMILES string of the molecule is CNc1ccc(/C=C/c2ccc(OCCOCCOCCSI)nc2)cc1. The summed E-state index contributed by atoms with van der Waals surface area (Å²) in [6.07, 6.45) is 5.89. The molecule has 0 saturated heterocycles. The van der Waals surface area contributed by atoms with Crippen molar-refractivity contribution in [1.29, 1.82) is 0 Å². The minimum atomic E-state index is 0.476. The summed E-state index contributed by atoms with van der Waals surface area (Å²) in [5, 5.41) is 3.11. The van der Waals surface area contributed by atoms with Crippen LogP contribution in [-0.4, -0.2) is 50.8 Å². The number of halogens is 1. The molecule has 0 fully saturated rings. The normalized spacial score (nSPS) is 11.0. The molecule has 5 nitrogen and oxygen atoms in total. The Morgan fingerprint density at radius 3 is 2.26 bits per heavy atom. The molecule has 1 N–H and O–H groups in total. The van der Waals surface area contributed by atoms with Gasteiger partial charge >= 0.3 is 0 Å². The fraction of sp³-hybridized carbons (Fsp3) is 0.350. The van der Waals surface area contributed by atoms with Crippen molar-refractivity contribution in [3.05, 3.63) is 53.7 Å². The van der Waals surface area contributed by atoms with Gasteiger partial charge in [-0.25, -0.2) is 4.98 Å². The van der Waals surface area contributed by atoms with E-state index < -0.39 is 0 Å². The zero-order chi connectivity index (χ0) is 19.2. The molecule has 7 heteroatoms. The Morgan fingerprint density at radius 1 is 0.926 bits per heavy atom. The Kier molecular flexibility index (Phi) is 11.3. The molecule has 2 rings (SSSR count). The van der Waals surface area contributed by atoms with Gasteiger partial charge in [0.15, 0.2) is 0 Å². The van der Waals surface area contributed by atoms with E-state index >= 15 is 0 Å². The van der Waals surface area contributed by atoms with E-state index in [1.54, 1.807) is 15.1 Å². The third-order valence-corrected chi connectivity index (χ3v) is 5.22. The first-order valence-corrected chi connectivity index (χ1v) is 12.3. The van der Waals surface area contributed by atoms with Crippen LogP contribution in [0.2, 0.25) is 0 Å². The molecule has 0 spiro atoms. The average molecular weight is 500 g/mol. The summed E-state index contributed by atoms with van der Waals surface area (Å²) in [5.41, 5.74) is 3.27. The molecule has 1 aromatic carbocycles. The van der Waals surface area contributed by atoms with Gasteiger partial charge in [-0.2, -0.15) is 0 Å². The molecule has 0 unspecified atom stereocenters. The summed E-state index contributed by atoms with van der Waals surface area (Å²) in [7, 11) is 3.66. The molecule has 0 aliphatic rings. The molecule has 27 heavy (non-hydrogen) atoms. The van der Waals surface area contributed by atoms with Gasteiger partial charge in [0.1, 0.15) is 6.61 Å². The Bertz CT molecular complexity index is 666. The van der Waals surface area contributed by atoms with Gasteiger partial charge in [-0.3, -0.25) is 0 Å². The standard InChI is InChI=1S/C20H25IN2O3S/c1-22-19-7-4-17(5-8-19)2-3-18-6-9-20(23-16-18)26-13-12-24-10-11-25-14-15-27-21/h2-9,16,22H,10-15H2,1H3/b3-2+. The van der Waals surface area contributed by atoms with E-state index in [1.165, 1.54) is 0 Å². The predicted molar refractivity (Wildman–Crippen MR) is 123 cm³/mol. The molecule has 146 valence electrons. The highest BCUT2D eigenvalue weighted by Crippen LogP contribution is 2.13. The summed E-state index contributed by atoms with van der Waals surface area (Å²) in [6, 6.07) is 12.1. The van der Waals surface area contributed by atoms with Crippen LogP contribution in [0, 0.1) is 0 Å². The van der Waals surface area contributed by atoms with Crippen LogP contribution in [0.1, 0.15) is 11.1 Å². The summed E-state index contributed by atoms with van der Waals surface area (Å²) in [5.74, 6) is 1.60. The molecule has 0 amide bonds. The first-order valence-electron chi connectivity index (χ1n) is 8.75. The van der Waals surface area contributed by atoms with Crippen LogP contribution < -0.4 is 10.1 Å². The largest absolute Gasteiger partial charge is 0.475 e. The summed E-state index contributed by atoms with van der Waals surface area (Å²) in [6.45, 7) is 2.97. The lowest BCUT2D eigenvalue weighted by atomic mass is 10.1. The van der Waals surface area contributed by atoms with E-state index in [2.05, 4.69) is 49.7 Å². The lowest BCUT2D eigenvalue weighted by molar-refractivity contribution is 0.0407. The van der Waals surface area contributed by atoms with E-state index in [4.69, 9.17) is 14.2 Å². The maximum absolute atomic E-state index is 5.58. The van der Waals surface area contributed by atoms with Gasteiger partial charge in [-0.1, -0.05) is 33.2 Å². The topological polar surface area (TPSA) is 52.6 Å². The number of pyridine rings is 1. The minimum Gasteiger partial charge on any atom is -0.475 e. The van der Waals surface area contributed by atoms with E-state index in [1.807, 2.05) is 37.4 Å². The average Bonchev–Trinajstić information content (AvgIpc) is 2.72. The lowest BCUT2D eigenvalue weighted by Crippen LogP contribution is -2.11. The number of nitrogens with zero attached hydrogens (tertiary/aromatic N) is 1. The van der Waals surface area contributed by atoms with Crippen molar-refractivity contribution in [1.82, 2.24) is 4.98 Å². The van der Waals surface area contributed by atoms with Crippen LogP contribution in [0.5, 0.6) is 5.88 Å². The van der Waals surface area contributed by atoms with E-state index in [0.29, 0.717) is 32.3 Å². The molecule has 0 aliphatic heterocycles. The van der Waals surface area contributed by atoms with Crippen LogP contribution >= 0.6 is 30.1 Å². The third kappa shape index (κ3) is 9.46.